The molecule has 2 heterocycles. The van der Waals surface area contributed by atoms with Crippen LogP contribution in [0.2, 0.25) is 0 Å². The lowest BCUT2D eigenvalue weighted by Crippen LogP contribution is -2.42. The number of benzene rings is 1. The second-order valence-electron chi connectivity index (χ2n) is 5.43. The van der Waals surface area contributed by atoms with E-state index in [-0.39, 0.29) is 23.5 Å². The predicted molar refractivity (Wildman–Crippen MR) is 95.3 cm³/mol. The van der Waals surface area contributed by atoms with E-state index >= 15 is 0 Å². The molecule has 0 radical (unpaired) electrons. The number of thiophene rings is 1. The molecule has 1 aliphatic heterocycles. The fraction of sp³-hybridized carbons (Fsp3) is 0.250. The van der Waals surface area contributed by atoms with Gasteiger partial charge in [-0.2, -0.15) is 4.31 Å². The molecule has 26 heavy (non-hydrogen) atoms. The minimum absolute atomic E-state index is 0.0247. The van der Waals surface area contributed by atoms with Crippen molar-refractivity contribution in [1.29, 1.82) is 0 Å². The van der Waals surface area contributed by atoms with Crippen LogP contribution in [0.4, 0.5) is 0 Å². The molecule has 0 saturated carbocycles. The number of hydrogen-bond acceptors (Lipinski definition) is 6. The van der Waals surface area contributed by atoms with Gasteiger partial charge in [0.25, 0.3) is 11.8 Å². The number of morpholine rings is 1. The van der Waals surface area contributed by atoms with Crippen LogP contribution >= 0.6 is 11.3 Å². The maximum atomic E-state index is 12.7. The minimum atomic E-state index is -3.70. The van der Waals surface area contributed by atoms with Crippen molar-refractivity contribution in [2.45, 2.75) is 4.90 Å². The van der Waals surface area contributed by atoms with E-state index in [9.17, 15) is 18.0 Å². The Morgan fingerprint density at radius 1 is 1.04 bits per heavy atom. The summed E-state index contributed by atoms with van der Waals surface area (Å²) in [5.41, 5.74) is 4.72. The zero-order valence-electron chi connectivity index (χ0n) is 13.7. The quantitative estimate of drug-likeness (QED) is 0.747. The van der Waals surface area contributed by atoms with E-state index in [1.807, 2.05) is 0 Å². The summed E-state index contributed by atoms with van der Waals surface area (Å²) in [7, 11) is -3.70. The molecule has 2 aromatic rings. The molecule has 0 unspecified atom stereocenters. The smallest absolute Gasteiger partial charge is 0.279 e. The zero-order chi connectivity index (χ0) is 18.6. The lowest BCUT2D eigenvalue weighted by atomic mass is 10.2. The van der Waals surface area contributed by atoms with Crippen LogP contribution in [-0.2, 0) is 14.8 Å². The summed E-state index contributed by atoms with van der Waals surface area (Å²) in [5, 5.41) is 1.75. The summed E-state index contributed by atoms with van der Waals surface area (Å²) in [6.45, 7) is 1.23. The largest absolute Gasteiger partial charge is 0.379 e. The van der Waals surface area contributed by atoms with Crippen LogP contribution < -0.4 is 10.9 Å². The Kier molecular flexibility index (Phi) is 5.67. The standard InChI is InChI=1S/C16H17N3O5S2/c20-15(17-18-16(21)14-5-2-10-25-14)12-3-1-4-13(11-12)26(22,23)19-6-8-24-9-7-19/h1-5,10-11H,6-9H2,(H,17,20)(H,18,21). The van der Waals surface area contributed by atoms with Crippen molar-refractivity contribution in [3.8, 4) is 0 Å². The molecular weight excluding hydrogens is 378 g/mol. The summed E-state index contributed by atoms with van der Waals surface area (Å²) in [5.74, 6) is -1.04. The van der Waals surface area contributed by atoms with E-state index in [1.165, 1.54) is 39.9 Å². The van der Waals surface area contributed by atoms with Crippen LogP contribution in [0.25, 0.3) is 0 Å². The molecule has 2 N–H and O–H groups in total. The fourth-order valence-electron chi connectivity index (χ4n) is 2.39. The average Bonchev–Trinajstić information content (AvgIpc) is 3.21. The lowest BCUT2D eigenvalue weighted by Gasteiger charge is -2.26. The summed E-state index contributed by atoms with van der Waals surface area (Å²) >= 11 is 1.24. The summed E-state index contributed by atoms with van der Waals surface area (Å²) in [4.78, 5) is 24.5. The Morgan fingerprint density at radius 3 is 2.46 bits per heavy atom. The summed E-state index contributed by atoms with van der Waals surface area (Å²) in [6, 6.07) is 9.04. The molecule has 1 saturated heterocycles. The Bertz CT molecular complexity index is 890. The molecule has 1 aliphatic rings. The van der Waals surface area contributed by atoms with Crippen molar-refractivity contribution in [3.63, 3.8) is 0 Å². The number of sulfonamides is 1. The van der Waals surface area contributed by atoms with Crippen LogP contribution in [-0.4, -0.2) is 50.8 Å². The van der Waals surface area contributed by atoms with Crippen molar-refractivity contribution in [2.75, 3.05) is 26.3 Å². The van der Waals surface area contributed by atoms with E-state index in [4.69, 9.17) is 4.74 Å². The number of amides is 2. The first kappa shape index (κ1) is 18.5. The van der Waals surface area contributed by atoms with Crippen molar-refractivity contribution >= 4 is 33.2 Å². The molecule has 0 atom stereocenters. The van der Waals surface area contributed by atoms with Gasteiger partial charge in [0, 0.05) is 18.7 Å². The van der Waals surface area contributed by atoms with Gasteiger partial charge in [0.2, 0.25) is 10.0 Å². The lowest BCUT2D eigenvalue weighted by molar-refractivity contribution is 0.0730. The van der Waals surface area contributed by atoms with Gasteiger partial charge in [-0.05, 0) is 29.6 Å². The summed E-state index contributed by atoms with van der Waals surface area (Å²) < 4.78 is 31.8. The Hall–Kier alpha value is -2.27. The van der Waals surface area contributed by atoms with Gasteiger partial charge < -0.3 is 4.74 Å². The average molecular weight is 395 g/mol. The van der Waals surface area contributed by atoms with Crippen molar-refractivity contribution in [1.82, 2.24) is 15.2 Å². The number of carbonyl (C=O) groups is 2. The molecule has 1 aromatic carbocycles. The number of hydrazine groups is 1. The second-order valence-corrected chi connectivity index (χ2v) is 8.32. The van der Waals surface area contributed by atoms with Gasteiger partial charge in [-0.1, -0.05) is 12.1 Å². The van der Waals surface area contributed by atoms with Gasteiger partial charge in [0.1, 0.15) is 0 Å². The predicted octanol–water partition coefficient (Wildman–Crippen LogP) is 0.844. The number of hydrogen-bond donors (Lipinski definition) is 2. The highest BCUT2D eigenvalue weighted by molar-refractivity contribution is 7.89. The van der Waals surface area contributed by atoms with Crippen molar-refractivity contribution in [2.24, 2.45) is 0 Å². The highest BCUT2D eigenvalue weighted by Gasteiger charge is 2.26. The third-order valence-corrected chi connectivity index (χ3v) is 6.50. The first-order chi connectivity index (χ1) is 12.5. The van der Waals surface area contributed by atoms with E-state index in [0.29, 0.717) is 18.1 Å². The van der Waals surface area contributed by atoms with Crippen molar-refractivity contribution in [3.05, 3.63) is 52.2 Å². The van der Waals surface area contributed by atoms with E-state index in [0.717, 1.165) is 0 Å². The molecule has 1 fully saturated rings. The summed E-state index contributed by atoms with van der Waals surface area (Å²) in [6.07, 6.45) is 0. The number of nitrogens with one attached hydrogen (secondary N) is 2. The third-order valence-electron chi connectivity index (χ3n) is 3.74. The van der Waals surface area contributed by atoms with Gasteiger partial charge >= 0.3 is 0 Å². The molecule has 0 aliphatic carbocycles. The SMILES string of the molecule is O=C(NNC(=O)c1cccs1)c1cccc(S(=O)(=O)N2CCOCC2)c1. The molecule has 0 spiro atoms. The number of nitrogens with zero attached hydrogens (tertiary/aromatic N) is 1. The highest BCUT2D eigenvalue weighted by Crippen LogP contribution is 2.18. The Labute approximate surface area is 154 Å². The number of rotatable bonds is 4. The van der Waals surface area contributed by atoms with Gasteiger partial charge in [-0.15, -0.1) is 11.3 Å². The topological polar surface area (TPSA) is 105 Å². The van der Waals surface area contributed by atoms with E-state index in [2.05, 4.69) is 10.9 Å². The number of carbonyl (C=O) groups excluding carboxylic acids is 2. The van der Waals surface area contributed by atoms with E-state index in [1.54, 1.807) is 17.5 Å². The highest BCUT2D eigenvalue weighted by atomic mass is 32.2. The van der Waals surface area contributed by atoms with Crippen LogP contribution in [0, 0.1) is 0 Å². The first-order valence-electron chi connectivity index (χ1n) is 7.80. The normalized spacial score (nSPS) is 15.4. The van der Waals surface area contributed by atoms with Gasteiger partial charge in [0.15, 0.2) is 0 Å². The van der Waals surface area contributed by atoms with Gasteiger partial charge in [-0.3, -0.25) is 20.4 Å². The molecule has 1 aromatic heterocycles. The molecule has 0 bridgehead atoms. The molecule has 138 valence electrons. The molecule has 3 rings (SSSR count). The van der Waals surface area contributed by atoms with Crippen molar-refractivity contribution < 1.29 is 22.7 Å². The molecule has 10 heteroatoms. The second kappa shape index (κ2) is 7.96. The van der Waals surface area contributed by atoms with E-state index < -0.39 is 21.8 Å². The Morgan fingerprint density at radius 2 is 1.77 bits per heavy atom. The van der Waals surface area contributed by atoms with Crippen LogP contribution in [0.3, 0.4) is 0 Å². The zero-order valence-corrected chi connectivity index (χ0v) is 15.3. The van der Waals surface area contributed by atoms with Crippen LogP contribution in [0.1, 0.15) is 20.0 Å². The van der Waals surface area contributed by atoms with Crippen LogP contribution in [0.5, 0.6) is 0 Å². The van der Waals surface area contributed by atoms with Crippen LogP contribution in [0.15, 0.2) is 46.7 Å². The fourth-order valence-corrected chi connectivity index (χ4v) is 4.46. The molecular formula is C16H17N3O5S2. The minimum Gasteiger partial charge on any atom is -0.379 e. The third kappa shape index (κ3) is 4.10. The molecule has 8 nitrogen and oxygen atoms in total. The first-order valence-corrected chi connectivity index (χ1v) is 10.1. The maximum Gasteiger partial charge on any atom is 0.279 e. The maximum absolute atomic E-state index is 12.7. The molecule has 2 amide bonds. The monoisotopic (exact) mass is 395 g/mol. The number of ether oxygens (including phenoxy) is 1. The van der Waals surface area contributed by atoms with Gasteiger partial charge in [-0.25, -0.2) is 8.42 Å². The Balaban J connectivity index is 1.70. The van der Waals surface area contributed by atoms with Gasteiger partial charge in [0.05, 0.1) is 23.0 Å².